The molecule has 0 aromatic rings. The predicted octanol–water partition coefficient (Wildman–Crippen LogP) is 0.0880. The maximum atomic E-state index is 9.70. The molecule has 0 saturated carbocycles. The summed E-state index contributed by atoms with van der Waals surface area (Å²) in [5.74, 6) is 0. The van der Waals surface area contributed by atoms with Crippen molar-refractivity contribution < 1.29 is 38.8 Å². The third-order valence-electron chi connectivity index (χ3n) is 3.71. The van der Waals surface area contributed by atoms with Crippen LogP contribution in [-0.4, -0.2) is 74.6 Å². The van der Waals surface area contributed by atoms with Crippen LogP contribution in [0.25, 0.3) is 0 Å². The molecular formula is C14H25NO9. The molecule has 2 rings (SSSR count). The zero-order chi connectivity index (χ0) is 17.8. The van der Waals surface area contributed by atoms with E-state index in [2.05, 4.69) is 9.57 Å². The Morgan fingerprint density at radius 2 is 1.83 bits per heavy atom. The molecule has 0 spiro atoms. The highest BCUT2D eigenvalue weighted by molar-refractivity contribution is 5.36. The minimum absolute atomic E-state index is 0.00264. The van der Waals surface area contributed by atoms with Crippen LogP contribution in [0.1, 0.15) is 25.7 Å². The number of unbranched alkanes of at least 4 members (excludes halogenated alkanes) is 3. The van der Waals surface area contributed by atoms with E-state index in [0.29, 0.717) is 32.7 Å². The van der Waals surface area contributed by atoms with E-state index in [1.807, 2.05) is 0 Å². The van der Waals surface area contributed by atoms with Gasteiger partial charge in [-0.15, -0.1) is 10.1 Å². The molecule has 10 nitrogen and oxygen atoms in total. The van der Waals surface area contributed by atoms with Crippen molar-refractivity contribution in [1.29, 1.82) is 0 Å². The summed E-state index contributed by atoms with van der Waals surface area (Å²) in [6.45, 7) is 1.87. The van der Waals surface area contributed by atoms with Crippen molar-refractivity contribution in [1.82, 2.24) is 0 Å². The average Bonchev–Trinajstić information content (AvgIpc) is 3.13. The number of hydrogen-bond donors (Lipinski definition) is 1. The van der Waals surface area contributed by atoms with E-state index in [1.54, 1.807) is 7.11 Å². The van der Waals surface area contributed by atoms with E-state index < -0.39 is 11.2 Å². The van der Waals surface area contributed by atoms with Gasteiger partial charge in [0.15, 0.2) is 0 Å². The second-order valence-corrected chi connectivity index (χ2v) is 5.38. The largest absolute Gasteiger partial charge is 0.468 e. The van der Waals surface area contributed by atoms with Crippen LogP contribution >= 0.6 is 0 Å². The Labute approximate surface area is 140 Å². The van der Waals surface area contributed by atoms with Gasteiger partial charge in [0.05, 0.1) is 26.4 Å². The first-order valence-corrected chi connectivity index (χ1v) is 7.86. The topological polar surface area (TPSA) is 127 Å². The summed E-state index contributed by atoms with van der Waals surface area (Å²) in [4.78, 5) is 23.5. The lowest BCUT2D eigenvalue weighted by molar-refractivity contribution is -0.757. The maximum absolute atomic E-state index is 9.70. The van der Waals surface area contributed by atoms with Crippen molar-refractivity contribution in [2.24, 2.45) is 0 Å². The van der Waals surface area contributed by atoms with Gasteiger partial charge in [0, 0.05) is 7.11 Å². The summed E-state index contributed by atoms with van der Waals surface area (Å²) in [5.41, 5.74) is 0. The second-order valence-electron chi connectivity index (χ2n) is 5.38. The fourth-order valence-corrected chi connectivity index (χ4v) is 2.47. The summed E-state index contributed by atoms with van der Waals surface area (Å²) in [6.07, 6.45) is 2.47. The van der Waals surface area contributed by atoms with E-state index in [9.17, 15) is 20.0 Å². The van der Waals surface area contributed by atoms with Crippen LogP contribution in [0.5, 0.6) is 0 Å². The highest BCUT2D eigenvalue weighted by Gasteiger charge is 2.47. The minimum Gasteiger partial charge on any atom is -0.468 e. The van der Waals surface area contributed by atoms with E-state index in [1.165, 1.54) is 0 Å². The maximum Gasteiger partial charge on any atom is 0.294 e. The second kappa shape index (κ2) is 12.0. The van der Waals surface area contributed by atoms with Gasteiger partial charge < -0.3 is 28.9 Å². The summed E-state index contributed by atoms with van der Waals surface area (Å²) >= 11 is 0. The van der Waals surface area contributed by atoms with Gasteiger partial charge in [-0.3, -0.25) is 4.79 Å². The Bertz CT molecular complexity index is 368. The molecule has 140 valence electrons. The Morgan fingerprint density at radius 1 is 1.17 bits per heavy atom. The molecule has 2 aliphatic rings. The molecule has 0 aliphatic carbocycles. The van der Waals surface area contributed by atoms with Gasteiger partial charge in [-0.25, -0.2) is 0 Å². The fraction of sp³-hybridized carbons (Fsp3) is 0.929. The standard InChI is InChI=1S/C7H13NO5.C7H12O4/c9-7-12-5-3-1-2-4-6-13-8(10)11;1-9-5-3-11-6-4(8)2-10-7(5)6/h7H,1-6H2;4-8H,2-3H2,1H3/t;4?,5?,6-,7-/m.1/s1. The summed E-state index contributed by atoms with van der Waals surface area (Å²) in [5, 5.41) is 18.2. The van der Waals surface area contributed by atoms with Crippen LogP contribution in [0.2, 0.25) is 0 Å². The number of fused-ring (bicyclic) bond motifs is 1. The first kappa shape index (κ1) is 20.6. The van der Waals surface area contributed by atoms with Crippen molar-refractivity contribution in [3.05, 3.63) is 10.1 Å². The van der Waals surface area contributed by atoms with Crippen LogP contribution in [-0.2, 0) is 28.6 Å². The van der Waals surface area contributed by atoms with Crippen molar-refractivity contribution in [2.45, 2.75) is 50.1 Å². The molecule has 2 unspecified atom stereocenters. The molecule has 0 amide bonds. The SMILES string of the molecule is COC1CO[C@@H]2C(O)CO[C@H]12.O=COCCCCCCO[N+](=O)[O-]. The van der Waals surface area contributed by atoms with Gasteiger partial charge in [0.1, 0.15) is 24.4 Å². The van der Waals surface area contributed by atoms with Gasteiger partial charge in [0.2, 0.25) is 0 Å². The van der Waals surface area contributed by atoms with E-state index in [4.69, 9.17) is 14.2 Å². The van der Waals surface area contributed by atoms with Crippen LogP contribution in [0, 0.1) is 10.1 Å². The Morgan fingerprint density at radius 3 is 2.46 bits per heavy atom. The normalized spacial score (nSPS) is 27.8. The number of rotatable bonds is 10. The lowest BCUT2D eigenvalue weighted by atomic mass is 10.1. The first-order chi connectivity index (χ1) is 11.6. The van der Waals surface area contributed by atoms with Gasteiger partial charge in [0.25, 0.3) is 11.6 Å². The molecule has 4 atom stereocenters. The van der Waals surface area contributed by atoms with E-state index in [0.717, 1.165) is 19.3 Å². The average molecular weight is 351 g/mol. The molecule has 1 N–H and O–H groups in total. The third-order valence-corrected chi connectivity index (χ3v) is 3.71. The Balaban J connectivity index is 0.000000242. The molecular weight excluding hydrogens is 326 g/mol. The highest BCUT2D eigenvalue weighted by Crippen LogP contribution is 2.28. The van der Waals surface area contributed by atoms with E-state index in [-0.39, 0.29) is 24.9 Å². The molecule has 2 heterocycles. The molecule has 0 aromatic carbocycles. The lowest BCUT2D eigenvalue weighted by Gasteiger charge is -2.12. The quantitative estimate of drug-likeness (QED) is 0.252. The van der Waals surface area contributed by atoms with Crippen molar-refractivity contribution in [3.8, 4) is 0 Å². The van der Waals surface area contributed by atoms with E-state index >= 15 is 0 Å². The molecule has 0 radical (unpaired) electrons. The zero-order valence-electron chi connectivity index (χ0n) is 13.7. The Hall–Kier alpha value is -1.49. The number of aliphatic hydroxyl groups excluding tert-OH is 1. The van der Waals surface area contributed by atoms with Gasteiger partial charge >= 0.3 is 0 Å². The van der Waals surface area contributed by atoms with Gasteiger partial charge in [-0.05, 0) is 19.3 Å². The van der Waals surface area contributed by atoms with Gasteiger partial charge in [-0.2, -0.15) is 0 Å². The molecule has 10 heteroatoms. The zero-order valence-corrected chi connectivity index (χ0v) is 13.7. The molecule has 2 saturated heterocycles. The fourth-order valence-electron chi connectivity index (χ4n) is 2.47. The number of methoxy groups -OCH3 is 1. The van der Waals surface area contributed by atoms with Crippen molar-refractivity contribution in [3.63, 3.8) is 0 Å². The lowest BCUT2D eigenvalue weighted by Crippen LogP contribution is -2.32. The number of carbonyl (C=O) groups is 1. The molecule has 24 heavy (non-hydrogen) atoms. The van der Waals surface area contributed by atoms with Crippen LogP contribution < -0.4 is 0 Å². The number of carbonyl (C=O) groups excluding carboxylic acids is 1. The number of aliphatic hydroxyl groups is 1. The summed E-state index contributed by atoms with van der Waals surface area (Å²) < 4.78 is 20.2. The number of nitrogens with zero attached hydrogens (tertiary/aromatic N) is 1. The summed E-state index contributed by atoms with van der Waals surface area (Å²) in [7, 11) is 1.63. The molecule has 2 aliphatic heterocycles. The smallest absolute Gasteiger partial charge is 0.294 e. The first-order valence-electron chi connectivity index (χ1n) is 7.86. The third kappa shape index (κ3) is 7.39. The molecule has 0 aromatic heterocycles. The van der Waals surface area contributed by atoms with Crippen LogP contribution in [0.4, 0.5) is 0 Å². The minimum atomic E-state index is -0.796. The van der Waals surface area contributed by atoms with Crippen molar-refractivity contribution in [2.75, 3.05) is 33.5 Å². The van der Waals surface area contributed by atoms with Crippen LogP contribution in [0.15, 0.2) is 0 Å². The van der Waals surface area contributed by atoms with Gasteiger partial charge in [-0.1, -0.05) is 6.42 Å². The number of hydrogen-bond acceptors (Lipinski definition) is 9. The number of ether oxygens (including phenoxy) is 4. The Kier molecular flexibility index (Phi) is 10.2. The van der Waals surface area contributed by atoms with Crippen LogP contribution in [0.3, 0.4) is 0 Å². The molecule has 0 bridgehead atoms. The monoisotopic (exact) mass is 351 g/mol. The molecule has 2 fully saturated rings. The van der Waals surface area contributed by atoms with Crippen molar-refractivity contribution >= 4 is 6.47 Å². The predicted molar refractivity (Wildman–Crippen MR) is 79.7 cm³/mol. The summed E-state index contributed by atoms with van der Waals surface area (Å²) in [6, 6.07) is 0. The highest BCUT2D eigenvalue weighted by atomic mass is 16.9.